The minimum atomic E-state index is -0.466. The van der Waals surface area contributed by atoms with Crippen molar-refractivity contribution in [1.29, 1.82) is 0 Å². The van der Waals surface area contributed by atoms with E-state index in [1.54, 1.807) is 35.9 Å². The van der Waals surface area contributed by atoms with Gasteiger partial charge in [-0.15, -0.1) is 0 Å². The van der Waals surface area contributed by atoms with E-state index in [0.717, 1.165) is 17.1 Å². The zero-order chi connectivity index (χ0) is 24.9. The fourth-order valence-corrected chi connectivity index (χ4v) is 3.62. The number of aryl methyl sites for hydroxylation is 1. The summed E-state index contributed by atoms with van der Waals surface area (Å²) in [6, 6.07) is 12.8. The molecule has 1 atom stereocenters. The van der Waals surface area contributed by atoms with E-state index in [-0.39, 0.29) is 43.3 Å². The van der Waals surface area contributed by atoms with Gasteiger partial charge in [-0.1, -0.05) is 39.8 Å². The topological polar surface area (TPSA) is 64.4 Å². The molecule has 0 radical (unpaired) electrons. The third kappa shape index (κ3) is 6.36. The first kappa shape index (κ1) is 25.7. The molecule has 0 aliphatic rings. The highest BCUT2D eigenvalue weighted by Crippen LogP contribution is 2.26. The zero-order valence-electron chi connectivity index (χ0n) is 20.1. The van der Waals surface area contributed by atoms with Gasteiger partial charge in [0.1, 0.15) is 17.4 Å². The van der Waals surface area contributed by atoms with Crippen LogP contribution in [0.15, 0.2) is 48.5 Å². The highest BCUT2D eigenvalue weighted by molar-refractivity contribution is 5.85. The number of carbonyl (C=O) groups excluding carboxylic acids is 1. The molecule has 7 heteroatoms. The number of carbonyl (C=O) groups is 1. The van der Waals surface area contributed by atoms with Crippen LogP contribution in [0.25, 0.3) is 5.69 Å². The summed E-state index contributed by atoms with van der Waals surface area (Å²) in [7, 11) is 0. The number of ether oxygens (including phenoxy) is 1. The van der Waals surface area contributed by atoms with Crippen molar-refractivity contribution in [2.75, 3.05) is 13.2 Å². The second kappa shape index (κ2) is 11.0. The summed E-state index contributed by atoms with van der Waals surface area (Å²) in [5, 5.41) is 13.5. The molecule has 0 aliphatic carbocycles. The van der Waals surface area contributed by atoms with Crippen LogP contribution in [0.1, 0.15) is 62.5 Å². The molecule has 0 saturated heterocycles. The largest absolute Gasteiger partial charge is 0.394 e. The second-order valence-electron chi connectivity index (χ2n) is 9.47. The molecule has 182 valence electrons. The average Bonchev–Trinajstić information content (AvgIpc) is 3.23. The van der Waals surface area contributed by atoms with Gasteiger partial charge in [-0.05, 0) is 48.4 Å². The molecule has 5 nitrogen and oxygen atoms in total. The van der Waals surface area contributed by atoms with Crippen LogP contribution in [0.4, 0.5) is 8.78 Å². The predicted molar refractivity (Wildman–Crippen MR) is 127 cm³/mol. The lowest BCUT2D eigenvalue weighted by atomic mass is 9.91. The Bertz CT molecular complexity index is 1120. The van der Waals surface area contributed by atoms with E-state index in [9.17, 15) is 13.6 Å². The second-order valence-corrected chi connectivity index (χ2v) is 9.47. The molecule has 0 bridgehead atoms. The van der Waals surface area contributed by atoms with Gasteiger partial charge in [0.15, 0.2) is 0 Å². The standard InChI is InChI=1S/C27H32F2N2O3/c1-18(19-5-6-20(24(29)15-19)17-34-14-13-32)25(33)12-11-23-16-26(27(2,3)4)30-31(23)22-9-7-21(28)8-10-22/h5-10,15-16,18,32H,11-14,17H2,1-4H3. The molecule has 2 aromatic carbocycles. The van der Waals surface area contributed by atoms with Crippen LogP contribution in [-0.2, 0) is 28.0 Å². The Morgan fingerprint density at radius 2 is 1.82 bits per heavy atom. The first-order chi connectivity index (χ1) is 16.1. The van der Waals surface area contributed by atoms with E-state index >= 15 is 0 Å². The highest BCUT2D eigenvalue weighted by Gasteiger charge is 2.22. The molecular weight excluding hydrogens is 438 g/mol. The summed E-state index contributed by atoms with van der Waals surface area (Å²) in [6.45, 7) is 8.05. The monoisotopic (exact) mass is 470 g/mol. The lowest BCUT2D eigenvalue weighted by molar-refractivity contribution is -0.120. The maximum atomic E-state index is 14.4. The van der Waals surface area contributed by atoms with Gasteiger partial charge in [-0.3, -0.25) is 4.79 Å². The Morgan fingerprint density at radius 1 is 1.12 bits per heavy atom. The molecule has 1 heterocycles. The number of aliphatic hydroxyl groups excluding tert-OH is 1. The molecule has 34 heavy (non-hydrogen) atoms. The van der Waals surface area contributed by atoms with Gasteiger partial charge in [-0.2, -0.15) is 5.10 Å². The van der Waals surface area contributed by atoms with Crippen molar-refractivity contribution < 1.29 is 23.4 Å². The van der Waals surface area contributed by atoms with Gasteiger partial charge >= 0.3 is 0 Å². The quantitative estimate of drug-likeness (QED) is 0.411. The summed E-state index contributed by atoms with van der Waals surface area (Å²) in [4.78, 5) is 13.0. The van der Waals surface area contributed by atoms with Crippen LogP contribution in [0.5, 0.6) is 0 Å². The molecule has 0 fully saturated rings. The minimum Gasteiger partial charge on any atom is -0.394 e. The number of benzene rings is 2. The summed E-state index contributed by atoms with van der Waals surface area (Å²) in [6.07, 6.45) is 0.722. The van der Waals surface area contributed by atoms with Crippen molar-refractivity contribution in [2.24, 2.45) is 0 Å². The van der Waals surface area contributed by atoms with Crippen LogP contribution in [0, 0.1) is 11.6 Å². The maximum absolute atomic E-state index is 14.4. The van der Waals surface area contributed by atoms with Gasteiger partial charge < -0.3 is 9.84 Å². The van der Waals surface area contributed by atoms with E-state index in [1.807, 2.05) is 6.07 Å². The van der Waals surface area contributed by atoms with Crippen LogP contribution >= 0.6 is 0 Å². The van der Waals surface area contributed by atoms with Gasteiger partial charge in [0.05, 0.1) is 31.2 Å². The van der Waals surface area contributed by atoms with Crippen molar-refractivity contribution in [1.82, 2.24) is 9.78 Å². The summed E-state index contributed by atoms with van der Waals surface area (Å²) in [5.74, 6) is -1.23. The fraction of sp³-hybridized carbons (Fsp3) is 0.407. The van der Waals surface area contributed by atoms with Crippen molar-refractivity contribution in [3.63, 3.8) is 0 Å². The average molecular weight is 471 g/mol. The van der Waals surface area contributed by atoms with Gasteiger partial charge in [0, 0.05) is 29.0 Å². The third-order valence-electron chi connectivity index (χ3n) is 5.80. The number of halogens is 2. The van der Waals surface area contributed by atoms with Crippen molar-refractivity contribution >= 4 is 5.78 Å². The molecule has 1 aromatic heterocycles. The number of aromatic nitrogens is 2. The molecular formula is C27H32F2N2O3. The fourth-order valence-electron chi connectivity index (χ4n) is 3.62. The Balaban J connectivity index is 1.74. The smallest absolute Gasteiger partial charge is 0.140 e. The van der Waals surface area contributed by atoms with Crippen molar-refractivity contribution in [3.05, 3.63) is 82.7 Å². The van der Waals surface area contributed by atoms with Gasteiger partial charge in [0.25, 0.3) is 0 Å². The van der Waals surface area contributed by atoms with E-state index in [4.69, 9.17) is 14.9 Å². The SMILES string of the molecule is CC(C(=O)CCc1cc(C(C)(C)C)nn1-c1ccc(F)cc1)c1ccc(COCCO)c(F)c1. The molecule has 0 saturated carbocycles. The van der Waals surface area contributed by atoms with Crippen molar-refractivity contribution in [2.45, 2.75) is 58.5 Å². The van der Waals surface area contributed by atoms with Gasteiger partial charge in [-0.25, -0.2) is 13.5 Å². The normalized spacial score (nSPS) is 12.7. The van der Waals surface area contributed by atoms with E-state index in [2.05, 4.69) is 20.8 Å². The minimum absolute atomic E-state index is 0.00662. The molecule has 1 unspecified atom stereocenters. The van der Waals surface area contributed by atoms with E-state index in [1.165, 1.54) is 18.2 Å². The molecule has 0 aliphatic heterocycles. The number of nitrogens with zero attached hydrogens (tertiary/aromatic N) is 2. The Morgan fingerprint density at radius 3 is 2.44 bits per heavy atom. The number of hydrogen-bond acceptors (Lipinski definition) is 4. The molecule has 3 rings (SSSR count). The zero-order valence-corrected chi connectivity index (χ0v) is 20.1. The van der Waals surface area contributed by atoms with Gasteiger partial charge in [0.2, 0.25) is 0 Å². The maximum Gasteiger partial charge on any atom is 0.140 e. The van der Waals surface area contributed by atoms with Crippen LogP contribution in [0.3, 0.4) is 0 Å². The number of aliphatic hydroxyl groups is 1. The van der Waals surface area contributed by atoms with Crippen LogP contribution in [0.2, 0.25) is 0 Å². The molecule has 3 aromatic rings. The lowest BCUT2D eigenvalue weighted by Gasteiger charge is -2.14. The summed E-state index contributed by atoms with van der Waals surface area (Å²) >= 11 is 0. The van der Waals surface area contributed by atoms with Crippen molar-refractivity contribution in [3.8, 4) is 5.69 Å². The molecule has 0 amide bonds. The number of hydrogen-bond donors (Lipinski definition) is 1. The Labute approximate surface area is 199 Å². The van der Waals surface area contributed by atoms with Crippen LogP contribution in [-0.4, -0.2) is 33.9 Å². The summed E-state index contributed by atoms with van der Waals surface area (Å²) in [5.41, 5.74) is 3.28. The van der Waals surface area contributed by atoms with E-state index < -0.39 is 11.7 Å². The predicted octanol–water partition coefficient (Wildman–Crippen LogP) is 5.26. The highest BCUT2D eigenvalue weighted by atomic mass is 19.1. The lowest BCUT2D eigenvalue weighted by Crippen LogP contribution is -2.13. The van der Waals surface area contributed by atoms with E-state index in [0.29, 0.717) is 17.5 Å². The molecule has 1 N–H and O–H groups in total. The third-order valence-corrected chi connectivity index (χ3v) is 5.80. The number of ketones is 1. The summed E-state index contributed by atoms with van der Waals surface area (Å²) < 4.78 is 34.8. The number of Topliss-reactive ketones (excluding diaryl/α,β-unsaturated/α-hetero) is 1. The Hall–Kier alpha value is -2.90. The molecule has 0 spiro atoms. The first-order valence-corrected chi connectivity index (χ1v) is 11.4. The number of rotatable bonds is 10. The Kier molecular flexibility index (Phi) is 8.33. The first-order valence-electron chi connectivity index (χ1n) is 11.4. The van der Waals surface area contributed by atoms with Crippen LogP contribution < -0.4 is 0 Å².